The zero-order valence-corrected chi connectivity index (χ0v) is 12.3. The predicted molar refractivity (Wildman–Crippen MR) is 76.5 cm³/mol. The predicted octanol–water partition coefficient (Wildman–Crippen LogP) is 3.82. The van der Waals surface area contributed by atoms with Gasteiger partial charge in [0.15, 0.2) is 5.78 Å². The molecule has 19 heavy (non-hydrogen) atoms. The van der Waals surface area contributed by atoms with Gasteiger partial charge in [-0.2, -0.15) is 0 Å². The Kier molecular flexibility index (Phi) is 6.16. The van der Waals surface area contributed by atoms with Crippen LogP contribution in [-0.2, 0) is 4.79 Å². The fourth-order valence-electron chi connectivity index (χ4n) is 2.51. The summed E-state index contributed by atoms with van der Waals surface area (Å²) in [5.74, 6) is -0.0405. The molecule has 2 atom stereocenters. The largest absolute Gasteiger partial charge is 0.297 e. The molecule has 0 bridgehead atoms. The van der Waals surface area contributed by atoms with Crippen LogP contribution in [0.1, 0.15) is 44.7 Å². The Morgan fingerprint density at radius 2 is 2.00 bits per heavy atom. The van der Waals surface area contributed by atoms with Crippen LogP contribution in [0.2, 0.25) is 0 Å². The molecule has 106 valence electrons. The average Bonchev–Trinajstić information content (AvgIpc) is 2.35. The number of halogens is 1. The molecule has 0 aliphatic carbocycles. The fraction of sp³-hybridized carbons (Fsp3) is 0.562. The first-order valence-corrected chi connectivity index (χ1v) is 6.96. The zero-order valence-electron chi connectivity index (χ0n) is 12.3. The van der Waals surface area contributed by atoms with Crippen molar-refractivity contribution in [3.8, 4) is 0 Å². The minimum Gasteiger partial charge on any atom is -0.297 e. The number of nitrogens with zero attached hydrogens (tertiary/aromatic N) is 1. The van der Waals surface area contributed by atoms with Crippen molar-refractivity contribution < 1.29 is 9.18 Å². The molecule has 1 rings (SSSR count). The van der Waals surface area contributed by atoms with Crippen LogP contribution < -0.4 is 0 Å². The van der Waals surface area contributed by atoms with Gasteiger partial charge < -0.3 is 0 Å². The second-order valence-electron chi connectivity index (χ2n) is 5.22. The highest BCUT2D eigenvalue weighted by atomic mass is 19.1. The first-order chi connectivity index (χ1) is 9.01. The van der Waals surface area contributed by atoms with Gasteiger partial charge in [0.2, 0.25) is 0 Å². The van der Waals surface area contributed by atoms with E-state index in [4.69, 9.17) is 0 Å². The maximum Gasteiger partial charge on any atom is 0.157 e. The van der Waals surface area contributed by atoms with E-state index >= 15 is 0 Å². The Hall–Kier alpha value is -1.22. The number of likely N-dealkylation sites (N-methyl/N-ethyl adjacent to an activating group) is 1. The van der Waals surface area contributed by atoms with Crippen molar-refractivity contribution in [1.82, 2.24) is 4.90 Å². The van der Waals surface area contributed by atoms with Crippen molar-refractivity contribution in [1.29, 1.82) is 0 Å². The molecule has 0 spiro atoms. The van der Waals surface area contributed by atoms with Crippen molar-refractivity contribution in [3.05, 3.63) is 35.6 Å². The van der Waals surface area contributed by atoms with E-state index in [1.54, 1.807) is 6.07 Å². The number of Topliss-reactive ketones (excluding diaryl/α,β-unsaturated/α-hetero) is 1. The molecule has 1 aromatic carbocycles. The molecule has 0 fully saturated rings. The maximum atomic E-state index is 13.4. The molecule has 1 aromatic rings. The Morgan fingerprint density at radius 3 is 2.47 bits per heavy atom. The SMILES string of the molecule is CCCC(CC)C(=O)C(c1cccc(F)c1)N(C)C. The molecule has 0 amide bonds. The third-order valence-corrected chi connectivity index (χ3v) is 3.48. The van der Waals surface area contributed by atoms with Gasteiger partial charge in [0.05, 0.1) is 6.04 Å². The molecule has 0 radical (unpaired) electrons. The Morgan fingerprint density at radius 1 is 1.32 bits per heavy atom. The number of carbonyl (C=O) groups is 1. The lowest BCUT2D eigenvalue weighted by Crippen LogP contribution is -2.32. The third kappa shape index (κ3) is 4.13. The number of ketones is 1. The van der Waals surface area contributed by atoms with Gasteiger partial charge in [-0.15, -0.1) is 0 Å². The Bertz CT molecular complexity index is 417. The molecule has 0 saturated carbocycles. The van der Waals surface area contributed by atoms with Gasteiger partial charge in [0.1, 0.15) is 5.82 Å². The molecule has 2 unspecified atom stereocenters. The lowest BCUT2D eigenvalue weighted by atomic mass is 9.88. The summed E-state index contributed by atoms with van der Waals surface area (Å²) >= 11 is 0. The van der Waals surface area contributed by atoms with E-state index in [9.17, 15) is 9.18 Å². The normalized spacial score (nSPS) is 14.4. The van der Waals surface area contributed by atoms with Crippen LogP contribution in [0.15, 0.2) is 24.3 Å². The Labute approximate surface area is 115 Å². The molecule has 0 aliphatic heterocycles. The fourth-order valence-corrected chi connectivity index (χ4v) is 2.51. The van der Waals surface area contributed by atoms with Crippen LogP contribution in [0.4, 0.5) is 4.39 Å². The summed E-state index contributed by atoms with van der Waals surface area (Å²) in [5.41, 5.74) is 0.740. The van der Waals surface area contributed by atoms with Gasteiger partial charge in [-0.3, -0.25) is 9.69 Å². The molecule has 0 aliphatic rings. The van der Waals surface area contributed by atoms with Crippen molar-refractivity contribution in [3.63, 3.8) is 0 Å². The van der Waals surface area contributed by atoms with Crippen molar-refractivity contribution in [2.24, 2.45) is 5.92 Å². The lowest BCUT2D eigenvalue weighted by Gasteiger charge is -2.27. The monoisotopic (exact) mass is 265 g/mol. The Balaban J connectivity index is 3.03. The standard InChI is InChI=1S/C16H24FNO/c1-5-8-12(6-2)16(19)15(18(3)4)13-9-7-10-14(17)11-13/h7,9-12,15H,5-6,8H2,1-4H3. The van der Waals surface area contributed by atoms with Crippen LogP contribution in [0.25, 0.3) is 0 Å². The van der Waals surface area contributed by atoms with Crippen molar-refractivity contribution in [2.45, 2.75) is 39.2 Å². The van der Waals surface area contributed by atoms with E-state index in [1.165, 1.54) is 12.1 Å². The second-order valence-corrected chi connectivity index (χ2v) is 5.22. The first kappa shape index (κ1) is 15.8. The van der Waals surface area contributed by atoms with Crippen LogP contribution >= 0.6 is 0 Å². The maximum absolute atomic E-state index is 13.4. The van der Waals surface area contributed by atoms with E-state index in [0.717, 1.165) is 24.8 Å². The van der Waals surface area contributed by atoms with Crippen LogP contribution in [-0.4, -0.2) is 24.8 Å². The summed E-state index contributed by atoms with van der Waals surface area (Å²) < 4.78 is 13.4. The number of hydrogen-bond acceptors (Lipinski definition) is 2. The molecule has 2 nitrogen and oxygen atoms in total. The molecule has 0 saturated heterocycles. The smallest absolute Gasteiger partial charge is 0.157 e. The lowest BCUT2D eigenvalue weighted by molar-refractivity contribution is -0.128. The number of hydrogen-bond donors (Lipinski definition) is 0. The van der Waals surface area contributed by atoms with Gasteiger partial charge in [-0.05, 0) is 44.6 Å². The summed E-state index contributed by atoms with van der Waals surface area (Å²) in [6.07, 6.45) is 2.73. The van der Waals surface area contributed by atoms with E-state index in [1.807, 2.05) is 32.0 Å². The first-order valence-electron chi connectivity index (χ1n) is 6.96. The topological polar surface area (TPSA) is 20.3 Å². The van der Waals surface area contributed by atoms with Crippen molar-refractivity contribution >= 4 is 5.78 Å². The highest BCUT2D eigenvalue weighted by molar-refractivity contribution is 5.87. The summed E-state index contributed by atoms with van der Waals surface area (Å²) in [5, 5.41) is 0. The van der Waals surface area contributed by atoms with Crippen LogP contribution in [0.5, 0.6) is 0 Å². The van der Waals surface area contributed by atoms with Gasteiger partial charge in [0, 0.05) is 5.92 Å². The second kappa shape index (κ2) is 7.39. The highest BCUT2D eigenvalue weighted by Crippen LogP contribution is 2.26. The number of benzene rings is 1. The van der Waals surface area contributed by atoms with E-state index in [-0.39, 0.29) is 23.6 Å². The summed E-state index contributed by atoms with van der Waals surface area (Å²) in [4.78, 5) is 14.5. The number of rotatable bonds is 7. The summed E-state index contributed by atoms with van der Waals surface area (Å²) in [6.45, 7) is 4.12. The van der Waals surface area contributed by atoms with Gasteiger partial charge in [-0.25, -0.2) is 4.39 Å². The minimum absolute atomic E-state index is 0.0562. The zero-order chi connectivity index (χ0) is 14.4. The molecule has 3 heteroatoms. The summed E-state index contributed by atoms with van der Waals surface area (Å²) in [6, 6.07) is 6.00. The van der Waals surface area contributed by atoms with E-state index in [2.05, 4.69) is 6.92 Å². The van der Waals surface area contributed by atoms with E-state index < -0.39 is 0 Å². The molecule has 0 aromatic heterocycles. The van der Waals surface area contributed by atoms with Crippen LogP contribution in [0, 0.1) is 11.7 Å². The molecule has 0 heterocycles. The van der Waals surface area contributed by atoms with Gasteiger partial charge in [-0.1, -0.05) is 32.4 Å². The van der Waals surface area contributed by atoms with E-state index in [0.29, 0.717) is 0 Å². The van der Waals surface area contributed by atoms with Crippen molar-refractivity contribution in [2.75, 3.05) is 14.1 Å². The molecule has 0 N–H and O–H groups in total. The average molecular weight is 265 g/mol. The minimum atomic E-state index is -0.354. The number of carbonyl (C=O) groups excluding carboxylic acids is 1. The highest BCUT2D eigenvalue weighted by Gasteiger charge is 2.28. The molecular weight excluding hydrogens is 241 g/mol. The third-order valence-electron chi connectivity index (χ3n) is 3.48. The quantitative estimate of drug-likeness (QED) is 0.747. The van der Waals surface area contributed by atoms with Gasteiger partial charge >= 0.3 is 0 Å². The molecular formula is C16H24FNO. The summed E-state index contributed by atoms with van der Waals surface area (Å²) in [7, 11) is 3.73. The van der Waals surface area contributed by atoms with Gasteiger partial charge in [0.25, 0.3) is 0 Å². The van der Waals surface area contributed by atoms with Crippen LogP contribution in [0.3, 0.4) is 0 Å².